The molecule has 1 aromatic rings. The summed E-state index contributed by atoms with van der Waals surface area (Å²) in [6.07, 6.45) is -3.00. The van der Waals surface area contributed by atoms with Gasteiger partial charge < -0.3 is 0 Å². The Kier molecular flexibility index (Phi) is 4.11. The van der Waals surface area contributed by atoms with Crippen molar-refractivity contribution in [1.82, 2.24) is 9.55 Å². The van der Waals surface area contributed by atoms with Gasteiger partial charge in [-0.25, -0.2) is 0 Å². The molecule has 1 aliphatic rings. The minimum absolute atomic E-state index is 0.0577. The van der Waals surface area contributed by atoms with Crippen LogP contribution in [0.3, 0.4) is 0 Å². The van der Waals surface area contributed by atoms with Gasteiger partial charge in [-0.2, -0.15) is 0 Å². The number of ether oxygens (including phenoxy) is 1. The number of rotatable bonds is 3. The molecule has 0 amide bonds. The number of aliphatic hydroxyl groups is 2. The van der Waals surface area contributed by atoms with E-state index in [1.54, 1.807) is 0 Å². The van der Waals surface area contributed by atoms with Crippen molar-refractivity contribution in [3.8, 4) is 0 Å². The van der Waals surface area contributed by atoms with Gasteiger partial charge in [0.15, 0.2) is 0 Å². The number of nitrogens with two attached hydrogens (primary N) is 1. The number of anilines is 1. The van der Waals surface area contributed by atoms with Crippen LogP contribution in [-0.2, 0) is 22.2 Å². The van der Waals surface area contributed by atoms with Gasteiger partial charge in [-0.05, 0) is 0 Å². The second-order valence-electron chi connectivity index (χ2n) is 4.19. The molecule has 19 heavy (non-hydrogen) atoms. The summed E-state index contributed by atoms with van der Waals surface area (Å²) < 4.78 is 17.6. The van der Waals surface area contributed by atoms with Gasteiger partial charge in [-0.1, -0.05) is 0 Å². The summed E-state index contributed by atoms with van der Waals surface area (Å²) in [5.74, 6) is 1.56. The monoisotopic (exact) mass is 316 g/mol. The van der Waals surface area contributed by atoms with Crippen molar-refractivity contribution in [3.63, 3.8) is 0 Å². The molecule has 4 N–H and O–H groups in total. The normalized spacial score (nSPS) is 31.4. The van der Waals surface area contributed by atoms with E-state index in [4.69, 9.17) is 10.5 Å². The van der Waals surface area contributed by atoms with Crippen LogP contribution in [0.15, 0.2) is 17.1 Å². The van der Waals surface area contributed by atoms with E-state index in [1.165, 1.54) is 18.1 Å². The maximum atomic E-state index is 11.6. The molecule has 9 heteroatoms. The number of hydrogen-bond donors (Lipinski definition) is 3. The maximum absolute atomic E-state index is 11.6. The van der Waals surface area contributed by atoms with Gasteiger partial charge in [-0.15, -0.1) is 0 Å². The number of aliphatic hydroxyl groups excluding tert-OH is 2. The molecule has 2 rings (SSSR count). The second kappa shape index (κ2) is 5.47. The van der Waals surface area contributed by atoms with Crippen LogP contribution in [0.25, 0.3) is 0 Å². The van der Waals surface area contributed by atoms with E-state index in [2.05, 4.69) is 4.98 Å². The summed E-state index contributed by atoms with van der Waals surface area (Å²) in [6, 6.07) is 1.39. The molecule has 0 bridgehead atoms. The zero-order valence-corrected chi connectivity index (χ0v) is 11.1. The molecule has 4 unspecified atom stereocenters. The first-order valence-electron chi connectivity index (χ1n) is 5.40. The van der Waals surface area contributed by atoms with Gasteiger partial charge >= 0.3 is 112 Å². The quantitative estimate of drug-likeness (QED) is 0.644. The van der Waals surface area contributed by atoms with Crippen molar-refractivity contribution in [2.45, 2.75) is 35.8 Å². The van der Waals surface area contributed by atoms with Gasteiger partial charge in [0.25, 0.3) is 0 Å². The summed E-state index contributed by atoms with van der Waals surface area (Å²) in [4.78, 5) is 15.2. The summed E-state index contributed by atoms with van der Waals surface area (Å²) >= 11 is -1.51. The van der Waals surface area contributed by atoms with Crippen LogP contribution in [0.2, 0.25) is 11.2 Å². The molecule has 0 radical (unpaired) electrons. The van der Waals surface area contributed by atoms with Crippen LogP contribution < -0.4 is 11.4 Å². The second-order valence-corrected chi connectivity index (χ2v) is 6.08. The van der Waals surface area contributed by atoms with E-state index in [0.717, 1.165) is 4.57 Å². The summed E-state index contributed by atoms with van der Waals surface area (Å²) in [7, 11) is 0. The van der Waals surface area contributed by atoms with Crippen molar-refractivity contribution in [1.29, 1.82) is 0 Å². The van der Waals surface area contributed by atoms with Gasteiger partial charge in [0.05, 0.1) is 0 Å². The topological polar surface area (TPSA) is 128 Å². The number of hydrogen-bond acceptors (Lipinski definition) is 7. The molecule has 1 aromatic heterocycles. The van der Waals surface area contributed by atoms with Crippen LogP contribution in [0.4, 0.5) is 5.82 Å². The van der Waals surface area contributed by atoms with E-state index in [1.807, 2.05) is 0 Å². The standard InChI is InChI=1S/C9H12N3O4.CH3.Co.O/c1-4-6(13)7(14)8(16-4)12-3-2-5(10)11-9(12)15;;;/h2-4,6-8,13-14H,1H2,(H2,10,11,15);1H3;;. The fourth-order valence-corrected chi connectivity index (χ4v) is 2.82. The third-order valence-corrected chi connectivity index (χ3v) is 3.81. The zero-order valence-electron chi connectivity index (χ0n) is 10.1. The third kappa shape index (κ3) is 2.90. The molecule has 1 saturated heterocycles. The Morgan fingerprint density at radius 3 is 2.79 bits per heavy atom. The fraction of sp³-hybridized carbons (Fsp3) is 0.600. The zero-order chi connectivity index (χ0) is 14.2. The number of nitrogens with zero attached hydrogens (tertiary/aromatic N) is 2. The van der Waals surface area contributed by atoms with E-state index >= 15 is 0 Å². The molecule has 2 heterocycles. The molecule has 109 valence electrons. The van der Waals surface area contributed by atoms with E-state index < -0.39 is 43.8 Å². The van der Waals surface area contributed by atoms with Crippen LogP contribution in [0, 0.1) is 0 Å². The van der Waals surface area contributed by atoms with E-state index in [-0.39, 0.29) is 11.2 Å². The molecule has 0 spiro atoms. The van der Waals surface area contributed by atoms with Crippen LogP contribution >= 0.6 is 0 Å². The van der Waals surface area contributed by atoms with Crippen molar-refractivity contribution in [3.05, 3.63) is 22.7 Å². The van der Waals surface area contributed by atoms with Crippen LogP contribution in [-0.4, -0.2) is 38.1 Å². The summed E-state index contributed by atoms with van der Waals surface area (Å²) in [5, 5.41) is 19.8. The Labute approximate surface area is 112 Å². The Morgan fingerprint density at radius 1 is 1.53 bits per heavy atom. The summed E-state index contributed by atoms with van der Waals surface area (Å²) in [6.45, 7) is 0. The van der Waals surface area contributed by atoms with Crippen molar-refractivity contribution < 1.29 is 32.4 Å². The molecule has 1 aliphatic heterocycles. The molecule has 8 nitrogen and oxygen atoms in total. The van der Waals surface area contributed by atoms with Gasteiger partial charge in [0.2, 0.25) is 0 Å². The first-order chi connectivity index (χ1) is 8.90. The molecule has 0 saturated carbocycles. The predicted octanol–water partition coefficient (Wildman–Crippen LogP) is -1.13. The Balaban J connectivity index is 2.26. The minimum atomic E-state index is -1.51. The molecule has 4 atom stereocenters. The van der Waals surface area contributed by atoms with Crippen LogP contribution in [0.1, 0.15) is 6.23 Å². The Hall–Kier alpha value is -1.13. The molecule has 1 fully saturated rings. The van der Waals surface area contributed by atoms with E-state index in [0.29, 0.717) is 0 Å². The third-order valence-electron chi connectivity index (χ3n) is 2.79. The van der Waals surface area contributed by atoms with Gasteiger partial charge in [0, 0.05) is 0 Å². The van der Waals surface area contributed by atoms with Gasteiger partial charge in [0.1, 0.15) is 0 Å². The number of aromatic nitrogens is 2. The average Bonchev–Trinajstić information content (AvgIpc) is 2.57. The summed E-state index contributed by atoms with van der Waals surface area (Å²) in [5.41, 5.74) is 4.68. The molecule has 0 aliphatic carbocycles. The molecule has 0 aromatic carbocycles. The SMILES string of the molecule is [CH3][Co](=[O])[CH2]C1OC(n2ccc(N)nc2=O)C(O)C1O. The average molecular weight is 316 g/mol. The Morgan fingerprint density at radius 2 is 2.21 bits per heavy atom. The first kappa shape index (κ1) is 14.3. The fourth-order valence-electron chi connectivity index (χ4n) is 1.88. The van der Waals surface area contributed by atoms with Crippen molar-refractivity contribution in [2.24, 2.45) is 0 Å². The molecular formula is C10H15CoN3O5. The van der Waals surface area contributed by atoms with Crippen molar-refractivity contribution >= 4 is 5.82 Å². The van der Waals surface area contributed by atoms with Crippen LogP contribution in [0.5, 0.6) is 0 Å². The Bertz CT molecular complexity index is 548. The first-order valence-corrected chi connectivity index (χ1v) is 7.61. The van der Waals surface area contributed by atoms with Gasteiger partial charge in [-0.3, -0.25) is 0 Å². The van der Waals surface area contributed by atoms with E-state index in [9.17, 15) is 18.9 Å². The molecular weight excluding hydrogens is 301 g/mol. The van der Waals surface area contributed by atoms with Crippen molar-refractivity contribution in [2.75, 3.05) is 5.73 Å². The number of nitrogen functional groups attached to an aromatic ring is 1. The predicted molar refractivity (Wildman–Crippen MR) is 60.2 cm³/mol.